The average molecular weight is 340 g/mol. The van der Waals surface area contributed by atoms with Crippen LogP contribution in [0.2, 0.25) is 0 Å². The molecule has 2 aromatic rings. The number of hydrogen-bond donors (Lipinski definition) is 0. The van der Waals surface area contributed by atoms with Gasteiger partial charge in [-0.3, -0.25) is 4.79 Å². The standard InChI is InChI=1S/C18H24N6O/c1-22(2)17-19-9-13-5-7-18(15(13)21-17)6-4-8-24(11-18)16(25)14-10-23(3)12-20-14/h9-10,12H,4-8,11H2,1-3H3. The Morgan fingerprint density at radius 1 is 1.28 bits per heavy atom. The van der Waals surface area contributed by atoms with Crippen molar-refractivity contribution in [3.63, 3.8) is 0 Å². The molecule has 2 aromatic heterocycles. The van der Waals surface area contributed by atoms with Gasteiger partial charge in [-0.15, -0.1) is 0 Å². The Hall–Kier alpha value is -2.44. The third kappa shape index (κ3) is 2.67. The maximum absolute atomic E-state index is 12.8. The third-order valence-corrected chi connectivity index (χ3v) is 5.42. The van der Waals surface area contributed by atoms with Crippen molar-refractivity contribution in [2.45, 2.75) is 31.1 Å². The van der Waals surface area contributed by atoms with Gasteiger partial charge in [0.2, 0.25) is 5.95 Å². The lowest BCUT2D eigenvalue weighted by Crippen LogP contribution is -2.48. The lowest BCUT2D eigenvalue weighted by Gasteiger charge is -2.40. The molecule has 7 nitrogen and oxygen atoms in total. The Labute approximate surface area is 147 Å². The lowest BCUT2D eigenvalue weighted by molar-refractivity contribution is 0.0628. The van der Waals surface area contributed by atoms with Gasteiger partial charge < -0.3 is 14.4 Å². The number of piperidine rings is 1. The van der Waals surface area contributed by atoms with E-state index < -0.39 is 0 Å². The fourth-order valence-corrected chi connectivity index (χ4v) is 4.14. The van der Waals surface area contributed by atoms with E-state index >= 15 is 0 Å². The van der Waals surface area contributed by atoms with Crippen LogP contribution in [0.15, 0.2) is 18.7 Å². The topological polar surface area (TPSA) is 67.2 Å². The Kier molecular flexibility index (Phi) is 3.74. The molecule has 132 valence electrons. The molecule has 1 atom stereocenters. The Morgan fingerprint density at radius 3 is 2.84 bits per heavy atom. The van der Waals surface area contributed by atoms with Crippen LogP contribution >= 0.6 is 0 Å². The molecule has 0 bridgehead atoms. The van der Waals surface area contributed by atoms with Crippen LogP contribution in [0.5, 0.6) is 0 Å². The van der Waals surface area contributed by atoms with E-state index in [1.807, 2.05) is 41.7 Å². The molecule has 1 amide bonds. The summed E-state index contributed by atoms with van der Waals surface area (Å²) in [6, 6.07) is 0. The summed E-state index contributed by atoms with van der Waals surface area (Å²) in [5.74, 6) is 0.767. The zero-order chi connectivity index (χ0) is 17.6. The summed E-state index contributed by atoms with van der Waals surface area (Å²) in [4.78, 5) is 30.3. The molecule has 25 heavy (non-hydrogen) atoms. The van der Waals surface area contributed by atoms with Gasteiger partial charge in [-0.25, -0.2) is 15.0 Å². The molecule has 1 saturated heterocycles. The van der Waals surface area contributed by atoms with Crippen molar-refractivity contribution in [1.82, 2.24) is 24.4 Å². The summed E-state index contributed by atoms with van der Waals surface area (Å²) in [5, 5.41) is 0. The van der Waals surface area contributed by atoms with E-state index in [9.17, 15) is 4.79 Å². The second kappa shape index (κ2) is 5.82. The molecule has 1 aliphatic carbocycles. The summed E-state index contributed by atoms with van der Waals surface area (Å²) in [6.45, 7) is 1.51. The van der Waals surface area contributed by atoms with Gasteiger partial charge in [-0.2, -0.15) is 0 Å². The molecule has 7 heteroatoms. The van der Waals surface area contributed by atoms with Crippen LogP contribution in [0.3, 0.4) is 0 Å². The van der Waals surface area contributed by atoms with Crippen LogP contribution in [-0.2, 0) is 18.9 Å². The minimum absolute atomic E-state index is 0.0232. The highest BCUT2D eigenvalue weighted by Gasteiger charge is 2.45. The Morgan fingerprint density at radius 2 is 2.12 bits per heavy atom. The number of carbonyl (C=O) groups excluding carboxylic acids is 1. The molecule has 4 rings (SSSR count). The maximum atomic E-state index is 12.8. The Balaban J connectivity index is 1.64. The third-order valence-electron chi connectivity index (χ3n) is 5.42. The highest BCUT2D eigenvalue weighted by Crippen LogP contribution is 2.44. The number of rotatable bonds is 2. The van der Waals surface area contributed by atoms with Crippen LogP contribution in [0.25, 0.3) is 0 Å². The first-order valence-electron chi connectivity index (χ1n) is 8.79. The number of aromatic nitrogens is 4. The van der Waals surface area contributed by atoms with Gasteiger partial charge in [0.05, 0.1) is 12.0 Å². The molecule has 1 unspecified atom stereocenters. The van der Waals surface area contributed by atoms with Crippen LogP contribution in [0.4, 0.5) is 5.95 Å². The highest BCUT2D eigenvalue weighted by atomic mass is 16.2. The molecule has 1 spiro atoms. The van der Waals surface area contributed by atoms with E-state index in [4.69, 9.17) is 4.98 Å². The number of imidazole rings is 1. The molecule has 0 radical (unpaired) electrons. The predicted octanol–water partition coefficient (Wildman–Crippen LogP) is 1.40. The maximum Gasteiger partial charge on any atom is 0.274 e. The summed E-state index contributed by atoms with van der Waals surface area (Å²) >= 11 is 0. The molecule has 1 fully saturated rings. The summed E-state index contributed by atoms with van der Waals surface area (Å²) in [7, 11) is 5.80. The van der Waals surface area contributed by atoms with E-state index in [-0.39, 0.29) is 11.3 Å². The van der Waals surface area contributed by atoms with Gasteiger partial charge >= 0.3 is 0 Å². The fourth-order valence-electron chi connectivity index (χ4n) is 4.14. The van der Waals surface area contributed by atoms with Crippen LogP contribution in [0.1, 0.15) is 41.0 Å². The zero-order valence-corrected chi connectivity index (χ0v) is 15.1. The SMILES string of the molecule is CN(C)c1ncc2c(n1)C1(CCCN(C(=O)c3cn(C)cn3)C1)CC2. The Bertz CT molecular complexity index is 810. The van der Waals surface area contributed by atoms with E-state index in [0.29, 0.717) is 5.69 Å². The van der Waals surface area contributed by atoms with Gasteiger partial charge in [-0.1, -0.05) is 0 Å². The molecule has 0 N–H and O–H groups in total. The van der Waals surface area contributed by atoms with Gasteiger partial charge in [0.1, 0.15) is 5.69 Å². The van der Waals surface area contributed by atoms with Crippen molar-refractivity contribution < 1.29 is 4.79 Å². The molecule has 3 heterocycles. The first-order chi connectivity index (χ1) is 12.0. The van der Waals surface area contributed by atoms with E-state index in [0.717, 1.165) is 50.4 Å². The predicted molar refractivity (Wildman–Crippen MR) is 94.7 cm³/mol. The number of carbonyl (C=O) groups is 1. The lowest BCUT2D eigenvalue weighted by atomic mass is 9.77. The van der Waals surface area contributed by atoms with Crippen molar-refractivity contribution in [3.05, 3.63) is 35.7 Å². The first-order valence-corrected chi connectivity index (χ1v) is 8.79. The zero-order valence-electron chi connectivity index (χ0n) is 15.1. The molecule has 0 aromatic carbocycles. The number of amides is 1. The number of anilines is 1. The minimum atomic E-state index is -0.0360. The largest absolute Gasteiger partial charge is 0.347 e. The molecule has 0 saturated carbocycles. The van der Waals surface area contributed by atoms with Crippen LogP contribution < -0.4 is 4.90 Å². The monoisotopic (exact) mass is 340 g/mol. The number of hydrogen-bond acceptors (Lipinski definition) is 5. The number of fused-ring (bicyclic) bond motifs is 2. The van der Waals surface area contributed by atoms with Crippen molar-refractivity contribution in [2.24, 2.45) is 7.05 Å². The first kappa shape index (κ1) is 16.1. The second-order valence-corrected chi connectivity index (χ2v) is 7.47. The van der Waals surface area contributed by atoms with Crippen molar-refractivity contribution in [1.29, 1.82) is 0 Å². The van der Waals surface area contributed by atoms with Gasteiger partial charge in [-0.05, 0) is 31.2 Å². The molecule has 2 aliphatic rings. The molecular weight excluding hydrogens is 316 g/mol. The smallest absolute Gasteiger partial charge is 0.274 e. The summed E-state index contributed by atoms with van der Waals surface area (Å²) in [5.41, 5.74) is 2.86. The van der Waals surface area contributed by atoms with E-state index in [1.54, 1.807) is 12.5 Å². The quantitative estimate of drug-likeness (QED) is 0.827. The molecular formula is C18H24N6O. The van der Waals surface area contributed by atoms with Gasteiger partial charge in [0.15, 0.2) is 0 Å². The van der Waals surface area contributed by atoms with E-state index in [1.165, 1.54) is 5.56 Å². The van der Waals surface area contributed by atoms with Gasteiger partial charge in [0, 0.05) is 52.0 Å². The normalized spacial score (nSPS) is 22.3. The highest BCUT2D eigenvalue weighted by molar-refractivity contribution is 5.92. The summed E-state index contributed by atoms with van der Waals surface area (Å²) in [6.07, 6.45) is 9.54. The van der Waals surface area contributed by atoms with Crippen molar-refractivity contribution in [3.8, 4) is 0 Å². The summed E-state index contributed by atoms with van der Waals surface area (Å²) < 4.78 is 1.81. The van der Waals surface area contributed by atoms with Crippen molar-refractivity contribution >= 4 is 11.9 Å². The van der Waals surface area contributed by atoms with Crippen molar-refractivity contribution in [2.75, 3.05) is 32.1 Å². The van der Waals surface area contributed by atoms with Crippen LogP contribution in [0, 0.1) is 0 Å². The number of aryl methyl sites for hydroxylation is 2. The van der Waals surface area contributed by atoms with Crippen LogP contribution in [-0.4, -0.2) is 57.5 Å². The number of likely N-dealkylation sites (tertiary alicyclic amines) is 1. The van der Waals surface area contributed by atoms with E-state index in [2.05, 4.69) is 9.97 Å². The second-order valence-electron chi connectivity index (χ2n) is 7.47. The van der Waals surface area contributed by atoms with Gasteiger partial charge in [0.25, 0.3) is 5.91 Å². The average Bonchev–Trinajstić information content (AvgIpc) is 3.19. The fraction of sp³-hybridized carbons (Fsp3) is 0.556. The molecule has 1 aliphatic heterocycles. The number of nitrogens with zero attached hydrogens (tertiary/aromatic N) is 6. The minimum Gasteiger partial charge on any atom is -0.347 e.